The molecule has 0 unspecified atom stereocenters. The second kappa shape index (κ2) is 31.9. The molecule has 27 heteroatoms. The number of fused-ring (bicyclic) bond motifs is 3. The van der Waals surface area contributed by atoms with Gasteiger partial charge < -0.3 is 29.4 Å². The molecule has 3 saturated heterocycles. The summed E-state index contributed by atoms with van der Waals surface area (Å²) in [7, 11) is -10.2. The Bertz CT molecular complexity index is 3850. The molecular weight excluding hydrogens is 1210 g/mol. The molecule has 3 aromatic carbocycles. The van der Waals surface area contributed by atoms with Gasteiger partial charge in [0, 0.05) is 120 Å². The molecule has 9 rings (SSSR count). The van der Waals surface area contributed by atoms with Gasteiger partial charge in [0.2, 0.25) is 26.0 Å². The van der Waals surface area contributed by atoms with E-state index in [-0.39, 0.29) is 37.3 Å². The molecule has 3 aliphatic heterocycles. The van der Waals surface area contributed by atoms with E-state index in [0.717, 1.165) is 146 Å². The third-order valence-corrected chi connectivity index (χ3v) is 18.0. The van der Waals surface area contributed by atoms with Gasteiger partial charge in [-0.05, 0) is 169 Å². The van der Waals surface area contributed by atoms with Crippen molar-refractivity contribution in [2.75, 3.05) is 138 Å². The fourth-order valence-corrected chi connectivity index (χ4v) is 12.4. The Morgan fingerprint density at radius 3 is 1.33 bits per heavy atom. The molecule has 0 saturated carbocycles. The van der Waals surface area contributed by atoms with E-state index in [0.29, 0.717) is 50.4 Å². The number of amides is 1. The summed E-state index contributed by atoms with van der Waals surface area (Å²) in [5.74, 6) is -0.265. The first-order valence-electron chi connectivity index (χ1n) is 28.8. The van der Waals surface area contributed by atoms with Crippen LogP contribution in [-0.4, -0.2) is 185 Å². The van der Waals surface area contributed by atoms with Crippen molar-refractivity contribution in [2.24, 2.45) is 5.14 Å². The Hall–Kier alpha value is -6.07. The van der Waals surface area contributed by atoms with Gasteiger partial charge in [0.25, 0.3) is 10.2 Å². The van der Waals surface area contributed by atoms with Crippen molar-refractivity contribution in [1.29, 1.82) is 10.5 Å². The van der Waals surface area contributed by atoms with Crippen LogP contribution < -0.4 is 34.0 Å². The summed E-state index contributed by atoms with van der Waals surface area (Å²) in [6, 6.07) is 17.4. The highest BCUT2D eigenvalue weighted by Crippen LogP contribution is 2.35. The summed E-state index contributed by atoms with van der Waals surface area (Å²) < 4.78 is 74.1. The van der Waals surface area contributed by atoms with Crippen molar-refractivity contribution in [1.82, 2.24) is 43.8 Å². The zero-order valence-electron chi connectivity index (χ0n) is 51.4. The molecule has 0 radical (unpaired) electrons. The second-order valence-electron chi connectivity index (χ2n) is 22.6. The van der Waals surface area contributed by atoms with Crippen LogP contribution in [0.25, 0.3) is 32.7 Å². The fraction of sp³-hybridized carbons (Fsp3) is 0.500. The number of nitrogens with one attached hydrogen (secondary N) is 3. The average Bonchev–Trinajstić information content (AvgIpc) is 1.58. The number of carbonyl (C=O) groups is 1. The fourth-order valence-electron chi connectivity index (χ4n) is 11.1. The third-order valence-electron chi connectivity index (χ3n) is 16.0. The normalized spacial score (nSPS) is 15.6. The number of halogens is 2. The van der Waals surface area contributed by atoms with Crippen molar-refractivity contribution in [3.8, 4) is 12.1 Å². The molecule has 5 N–H and O–H groups in total. The molecule has 6 heterocycles. The first kappa shape index (κ1) is 71.7. The zero-order valence-corrected chi connectivity index (χ0v) is 55.5. The topological polar surface area (TPSA) is 287 Å². The van der Waals surface area contributed by atoms with Crippen molar-refractivity contribution in [3.05, 3.63) is 105 Å². The van der Waals surface area contributed by atoms with Crippen LogP contribution in [0.3, 0.4) is 0 Å². The smallest absolute Gasteiger partial charge is 0.274 e. The second-order valence-corrected chi connectivity index (χ2v) is 27.6. The van der Waals surface area contributed by atoms with Gasteiger partial charge in [-0.1, -0.05) is 0 Å². The summed E-state index contributed by atoms with van der Waals surface area (Å²) in [5.41, 5.74) is 15.5. The molecule has 22 nitrogen and oxygen atoms in total. The number of rotatable bonds is 15. The van der Waals surface area contributed by atoms with Crippen LogP contribution in [0.4, 0.5) is 17.1 Å². The molecule has 6 aromatic rings. The molecule has 0 spiro atoms. The van der Waals surface area contributed by atoms with E-state index >= 15 is 0 Å². The molecule has 87 heavy (non-hydrogen) atoms. The van der Waals surface area contributed by atoms with Gasteiger partial charge in [0.15, 0.2) is 0 Å². The number of hydrogen-bond donors (Lipinski definition) is 4. The number of aryl methyl sites for hydroxylation is 7. The van der Waals surface area contributed by atoms with Gasteiger partial charge in [-0.25, -0.2) is 31.4 Å². The highest BCUT2D eigenvalue weighted by molar-refractivity contribution is 7.89. The van der Waals surface area contributed by atoms with Gasteiger partial charge in [0.1, 0.15) is 12.1 Å². The molecule has 0 aliphatic carbocycles. The van der Waals surface area contributed by atoms with E-state index in [1.807, 2.05) is 6.20 Å². The Morgan fingerprint density at radius 2 is 0.885 bits per heavy atom. The van der Waals surface area contributed by atoms with Crippen LogP contribution in [-0.2, 0) is 35.1 Å². The van der Waals surface area contributed by atoms with E-state index in [2.05, 4.69) is 151 Å². The van der Waals surface area contributed by atoms with Gasteiger partial charge in [0.05, 0.1) is 63.8 Å². The SMILES string of the molecule is Cc1cc2ncc(C#N)c(N3CCCN(CCCNS(C)(=O)=O)CC3)c2cc1C.Cc1cc2ncc(C#N)c(N3CCCN(CCNS(C)(=O)=O)CC3)c2cc1C.Cc1cc2ncc(C)c(N3CCCN(C(=O)CNS(N)(=O)=O)CC3)c2cc1C.Cl.Cl. The molecule has 474 valence electrons. The van der Waals surface area contributed by atoms with E-state index in [1.165, 1.54) is 45.9 Å². The Labute approximate surface area is 527 Å². The number of sulfonamides is 2. The summed E-state index contributed by atoms with van der Waals surface area (Å²) in [6.07, 6.45) is 11.2. The monoisotopic (exact) mass is 1290 g/mol. The van der Waals surface area contributed by atoms with Crippen LogP contribution >= 0.6 is 24.8 Å². The number of anilines is 3. The minimum atomic E-state index is -3.87. The number of nitrogens with zero attached hydrogens (tertiary/aromatic N) is 11. The number of carbonyl (C=O) groups excluding carboxylic acids is 1. The quantitative estimate of drug-likeness (QED) is 0.0884. The summed E-state index contributed by atoms with van der Waals surface area (Å²) >= 11 is 0. The summed E-state index contributed by atoms with van der Waals surface area (Å²) in [5, 5.41) is 27.4. The molecule has 3 aliphatic rings. The van der Waals surface area contributed by atoms with Gasteiger partial charge in [-0.2, -0.15) is 23.7 Å². The van der Waals surface area contributed by atoms with E-state index in [4.69, 9.17) is 5.14 Å². The number of nitrogens with two attached hydrogens (primary N) is 1. The molecule has 0 bridgehead atoms. The number of pyridine rings is 3. The van der Waals surface area contributed by atoms with Crippen LogP contribution in [0.5, 0.6) is 0 Å². The lowest BCUT2D eigenvalue weighted by molar-refractivity contribution is -0.129. The number of hydrogen-bond acceptors (Lipinski definition) is 17. The molecule has 3 fully saturated rings. The lowest BCUT2D eigenvalue weighted by atomic mass is 10.0. The van der Waals surface area contributed by atoms with Crippen LogP contribution in [0.1, 0.15) is 75.8 Å². The van der Waals surface area contributed by atoms with Crippen molar-refractivity contribution < 1.29 is 30.0 Å². The molecule has 1 amide bonds. The standard InChI is InChI=1S/C21H29N5O2S.C20H27N5O2S.C19H27N5O3S.2ClH/c1-16-12-19-20(13-17(16)2)23-15-18(14-22)21(19)26-9-5-8-25(10-11-26)7-4-6-24-29(3,27)28;1-15-11-18-19(12-16(15)2)22-14-17(13-21)20(18)25-7-4-6-24(9-10-25)8-5-23-28(3,26)27;1-13-9-16-17(10-14(13)2)21-11-15(3)19(16)24-6-4-5-23(7-8-24)18(25)12-22-28(20,26)27;;/h12-13,15,24H,4-11H2,1-3H3;11-12,14,23H,4-10H2,1-3H3;9-11,22H,4-8,12H2,1-3H3,(H2,20,26,27);2*1H. The maximum absolute atomic E-state index is 12.3. The van der Waals surface area contributed by atoms with Crippen LogP contribution in [0.2, 0.25) is 0 Å². The highest BCUT2D eigenvalue weighted by atomic mass is 35.5. The van der Waals surface area contributed by atoms with Crippen molar-refractivity contribution >= 4 is 111 Å². The summed E-state index contributed by atoms with van der Waals surface area (Å²) in [4.78, 5) is 39.1. The molecule has 3 aromatic heterocycles. The van der Waals surface area contributed by atoms with E-state index < -0.39 is 30.3 Å². The first-order chi connectivity index (χ1) is 40.2. The minimum Gasteiger partial charge on any atom is -0.369 e. The lowest BCUT2D eigenvalue weighted by Crippen LogP contribution is -2.43. The Morgan fingerprint density at radius 1 is 0.494 bits per heavy atom. The molecular formula is C60H85Cl2N15O7S3. The van der Waals surface area contributed by atoms with Gasteiger partial charge >= 0.3 is 0 Å². The average molecular weight is 1300 g/mol. The van der Waals surface area contributed by atoms with Crippen molar-refractivity contribution in [3.63, 3.8) is 0 Å². The summed E-state index contributed by atoms with van der Waals surface area (Å²) in [6.45, 7) is 26.2. The van der Waals surface area contributed by atoms with Crippen LogP contribution in [0.15, 0.2) is 55.0 Å². The van der Waals surface area contributed by atoms with Gasteiger partial charge in [-0.15, -0.1) is 24.8 Å². The zero-order chi connectivity index (χ0) is 61.8. The maximum atomic E-state index is 12.3. The third kappa shape index (κ3) is 20.2. The predicted molar refractivity (Wildman–Crippen MR) is 354 cm³/mol. The van der Waals surface area contributed by atoms with Crippen LogP contribution in [0, 0.1) is 71.1 Å². The maximum Gasteiger partial charge on any atom is 0.274 e. The number of aromatic nitrogens is 3. The van der Waals surface area contributed by atoms with Gasteiger partial charge in [-0.3, -0.25) is 19.7 Å². The van der Waals surface area contributed by atoms with E-state index in [9.17, 15) is 40.6 Å². The lowest BCUT2D eigenvalue weighted by Gasteiger charge is -2.27. The number of benzene rings is 3. The molecule has 0 atom stereocenters. The Kier molecular flexibility index (Phi) is 26.3. The highest BCUT2D eigenvalue weighted by Gasteiger charge is 2.25. The largest absolute Gasteiger partial charge is 0.369 e. The first-order valence-corrected chi connectivity index (χ1v) is 34.2. The van der Waals surface area contributed by atoms with E-state index in [1.54, 1.807) is 17.3 Å². The predicted octanol–water partition coefficient (Wildman–Crippen LogP) is 5.79. The Balaban J connectivity index is 0.000000235. The number of nitriles is 2. The minimum absolute atomic E-state index is 0. The van der Waals surface area contributed by atoms with Crippen molar-refractivity contribution in [2.45, 2.75) is 74.1 Å².